The van der Waals surface area contributed by atoms with Crippen molar-refractivity contribution in [2.75, 3.05) is 0 Å². The highest BCUT2D eigenvalue weighted by molar-refractivity contribution is 8.93. The van der Waals surface area contributed by atoms with Crippen molar-refractivity contribution in [1.29, 1.82) is 0 Å². The summed E-state index contributed by atoms with van der Waals surface area (Å²) in [5.74, 6) is 0. The zero-order valence-electron chi connectivity index (χ0n) is 3.01. The summed E-state index contributed by atoms with van der Waals surface area (Å²) < 4.78 is 0. The largest absolute Gasteiger partial charge is 0.328 e. The Balaban J connectivity index is -0.00000000450. The van der Waals surface area contributed by atoms with Gasteiger partial charge in [0.25, 0.3) is 0 Å². The lowest BCUT2D eigenvalue weighted by Crippen LogP contribution is -1.54. The molecule has 0 aliphatic carbocycles. The Bertz CT molecular complexity index is 24.5. The van der Waals surface area contributed by atoms with E-state index in [9.17, 15) is 0 Å². The van der Waals surface area contributed by atoms with Gasteiger partial charge in [-0.15, -0.1) is 41.8 Å². The average molecular weight is 268 g/mol. The van der Waals surface area contributed by atoms with E-state index in [4.69, 9.17) is 14.7 Å². The number of rotatable bonds is 0. The molecule has 3 N–H and O–H groups in total. The summed E-state index contributed by atoms with van der Waals surface area (Å²) in [6.07, 6.45) is 0. The second-order valence-electron chi connectivity index (χ2n) is 0.268. The second kappa shape index (κ2) is 34.4. The molecule has 0 atom stereocenters. The van der Waals surface area contributed by atoms with Crippen LogP contribution in [-0.4, -0.2) is 14.7 Å². The highest BCUT2D eigenvalue weighted by Gasteiger charge is 1.76. The van der Waals surface area contributed by atoms with E-state index >= 15 is 0 Å². The fourth-order valence-corrected chi connectivity index (χ4v) is 0. The van der Waals surface area contributed by atoms with Crippen LogP contribution in [0.3, 0.4) is 0 Å². The maximum absolute atomic E-state index is 7.23. The molecule has 0 saturated carbocycles. The van der Waals surface area contributed by atoms with Gasteiger partial charge in [-0.1, -0.05) is 14.9 Å². The van der Waals surface area contributed by atoms with Gasteiger partial charge in [-0.2, -0.15) is 0 Å². The van der Waals surface area contributed by atoms with Gasteiger partial charge in [0.05, 0.1) is 0 Å². The van der Waals surface area contributed by atoms with E-state index in [1.807, 2.05) is 0 Å². The van der Waals surface area contributed by atoms with E-state index in [0.29, 0.717) is 0 Å². The fourth-order valence-electron chi connectivity index (χ4n) is 0. The van der Waals surface area contributed by atoms with E-state index in [0.717, 1.165) is 0 Å². The van der Waals surface area contributed by atoms with Gasteiger partial charge in [0.2, 0.25) is 0 Å². The molecule has 0 aromatic rings. The minimum Gasteiger partial charge on any atom is -0.328 e. The fraction of sp³-hybridized carbons (Fsp3) is 1.00. The minimum atomic E-state index is -2.62. The van der Waals surface area contributed by atoms with Gasteiger partial charge in [0.1, 0.15) is 0 Å². The van der Waals surface area contributed by atoms with Crippen LogP contribution in [0.25, 0.3) is 0 Å². The first-order chi connectivity index (χ1) is 1.73. The van der Waals surface area contributed by atoms with Crippen molar-refractivity contribution in [1.82, 2.24) is 0 Å². The molecule has 0 saturated heterocycles. The SMILES string of the molecule is Br.C.C.Cl.Cl.OP(O)O. The quantitative estimate of drug-likeness (QED) is 0.588. The summed E-state index contributed by atoms with van der Waals surface area (Å²) >= 11 is 0. The number of hydrogen-bond donors (Lipinski definition) is 3. The van der Waals surface area contributed by atoms with Crippen molar-refractivity contribution >= 4 is 50.4 Å². The summed E-state index contributed by atoms with van der Waals surface area (Å²) in [7, 11) is -2.62. The Kier molecular flexibility index (Phi) is 182. The Labute approximate surface area is 80.1 Å². The van der Waals surface area contributed by atoms with E-state index < -0.39 is 8.60 Å². The first-order valence-corrected chi connectivity index (χ1v) is 1.80. The predicted molar refractivity (Wildman–Crippen MR) is 51.9 cm³/mol. The van der Waals surface area contributed by atoms with Gasteiger partial charge >= 0.3 is 8.60 Å². The van der Waals surface area contributed by atoms with Gasteiger partial charge in [0, 0.05) is 0 Å². The molecule has 0 rings (SSSR count). The van der Waals surface area contributed by atoms with Gasteiger partial charge in [-0.25, -0.2) is 0 Å². The predicted octanol–water partition coefficient (Wildman–Crippen LogP) is 1.88. The zero-order chi connectivity index (χ0) is 3.58. The molecule has 0 bridgehead atoms. The van der Waals surface area contributed by atoms with Crippen LogP contribution >= 0.6 is 50.4 Å². The van der Waals surface area contributed by atoms with E-state index in [2.05, 4.69) is 0 Å². The molecule has 0 aromatic heterocycles. The van der Waals surface area contributed by atoms with Crippen LogP contribution in [0.15, 0.2) is 0 Å². The van der Waals surface area contributed by atoms with Crippen LogP contribution in [0.4, 0.5) is 0 Å². The molecule has 0 fully saturated rings. The normalized spacial score (nSPS) is 4.00. The molecule has 0 unspecified atom stereocenters. The molecular weight excluding hydrogens is 254 g/mol. The highest BCUT2D eigenvalue weighted by atomic mass is 79.9. The van der Waals surface area contributed by atoms with Crippen LogP contribution in [0.1, 0.15) is 14.9 Å². The van der Waals surface area contributed by atoms with Crippen molar-refractivity contribution < 1.29 is 14.7 Å². The van der Waals surface area contributed by atoms with Crippen LogP contribution < -0.4 is 0 Å². The zero-order valence-corrected chi connectivity index (χ0v) is 7.25. The van der Waals surface area contributed by atoms with Crippen molar-refractivity contribution in [2.24, 2.45) is 0 Å². The first-order valence-electron chi connectivity index (χ1n) is 0.600. The number of halogens is 3. The van der Waals surface area contributed by atoms with Crippen molar-refractivity contribution in [3.8, 4) is 0 Å². The Morgan fingerprint density at radius 3 is 0.778 bits per heavy atom. The first kappa shape index (κ1) is 47.7. The van der Waals surface area contributed by atoms with Crippen molar-refractivity contribution in [3.05, 3.63) is 0 Å². The lowest BCUT2D eigenvalue weighted by atomic mass is 12.0. The molecule has 0 spiro atoms. The van der Waals surface area contributed by atoms with E-state index in [-0.39, 0.29) is 56.6 Å². The standard InChI is InChI=1S/2CH4.BrH.2ClH.H3O3P/c;;;;;1-4(2)3/h2*1H4;3*1H;1-3H. The van der Waals surface area contributed by atoms with E-state index in [1.165, 1.54) is 0 Å². The summed E-state index contributed by atoms with van der Waals surface area (Å²) in [6, 6.07) is 0. The van der Waals surface area contributed by atoms with Crippen LogP contribution in [0.5, 0.6) is 0 Å². The van der Waals surface area contributed by atoms with Gasteiger partial charge in [0.15, 0.2) is 0 Å². The lowest BCUT2D eigenvalue weighted by molar-refractivity contribution is 0.368. The van der Waals surface area contributed by atoms with Gasteiger partial charge in [-0.3, -0.25) is 0 Å². The molecule has 0 heterocycles. The summed E-state index contributed by atoms with van der Waals surface area (Å²) in [6.45, 7) is 0. The van der Waals surface area contributed by atoms with Crippen LogP contribution in [0.2, 0.25) is 0 Å². The van der Waals surface area contributed by atoms with Gasteiger partial charge < -0.3 is 14.7 Å². The Morgan fingerprint density at radius 2 is 0.778 bits per heavy atom. The Hall–Kier alpha value is 1.37. The summed E-state index contributed by atoms with van der Waals surface area (Å²) in [4.78, 5) is 21.7. The monoisotopic (exact) mass is 266 g/mol. The topological polar surface area (TPSA) is 60.7 Å². The minimum absolute atomic E-state index is 0. The molecule has 66 valence electrons. The molecule has 0 amide bonds. The molecule has 3 nitrogen and oxygen atoms in total. The molecule has 0 aliphatic heterocycles. The molecule has 0 aliphatic rings. The maximum atomic E-state index is 7.23. The molecule has 9 heavy (non-hydrogen) atoms. The maximum Gasteiger partial charge on any atom is 0.324 e. The molecule has 0 aromatic carbocycles. The Morgan fingerprint density at radius 1 is 0.778 bits per heavy atom. The molecule has 0 radical (unpaired) electrons. The van der Waals surface area contributed by atoms with Crippen molar-refractivity contribution in [2.45, 2.75) is 14.9 Å². The lowest BCUT2D eigenvalue weighted by Gasteiger charge is -1.76. The second-order valence-corrected chi connectivity index (χ2v) is 0.805. The third-order valence-electron chi connectivity index (χ3n) is 0. The third-order valence-corrected chi connectivity index (χ3v) is 0. The van der Waals surface area contributed by atoms with Crippen LogP contribution in [0, 0.1) is 0 Å². The average Bonchev–Trinajstić information content (AvgIpc) is 0.811. The molecular formula is C2H14BrCl2O3P. The third kappa shape index (κ3) is 271. The van der Waals surface area contributed by atoms with E-state index in [1.54, 1.807) is 0 Å². The number of hydrogen-bond acceptors (Lipinski definition) is 3. The smallest absolute Gasteiger partial charge is 0.324 e. The highest BCUT2D eigenvalue weighted by Crippen LogP contribution is 2.11. The summed E-state index contributed by atoms with van der Waals surface area (Å²) in [5, 5.41) is 0. The van der Waals surface area contributed by atoms with Crippen LogP contribution in [-0.2, 0) is 0 Å². The summed E-state index contributed by atoms with van der Waals surface area (Å²) in [5.41, 5.74) is 0. The van der Waals surface area contributed by atoms with Crippen molar-refractivity contribution in [3.63, 3.8) is 0 Å². The van der Waals surface area contributed by atoms with Gasteiger partial charge in [-0.05, 0) is 0 Å². The molecule has 7 heteroatoms.